The second kappa shape index (κ2) is 8.56. The predicted octanol–water partition coefficient (Wildman–Crippen LogP) is 6.28. The second-order valence-electron chi connectivity index (χ2n) is 7.14. The van der Waals surface area contributed by atoms with Gasteiger partial charge in [0.05, 0.1) is 18.2 Å². The number of hydrogen-bond acceptors (Lipinski definition) is 2. The zero-order valence-corrected chi connectivity index (χ0v) is 16.2. The molecular weight excluding hydrogens is 330 g/mol. The molecule has 0 aliphatic heterocycles. The summed E-state index contributed by atoms with van der Waals surface area (Å²) in [5.74, 6) is 1.34. The van der Waals surface area contributed by atoms with Gasteiger partial charge in [-0.1, -0.05) is 62.4 Å². The van der Waals surface area contributed by atoms with Crippen LogP contribution >= 0.6 is 0 Å². The first-order valence-electron chi connectivity index (χ1n) is 9.40. The zero-order chi connectivity index (χ0) is 19.2. The number of hydrogen-bond donors (Lipinski definition) is 0. The maximum atomic E-state index is 9.21. The van der Waals surface area contributed by atoms with Gasteiger partial charge in [0.25, 0.3) is 0 Å². The SMILES string of the molecule is Cc1cc(OCCc2ccccc2C#N)cc(-c2ccccc2C(C)C)c1. The largest absolute Gasteiger partial charge is 0.493 e. The molecule has 0 unspecified atom stereocenters. The molecule has 0 atom stereocenters. The Bertz CT molecular complexity index is 966. The van der Waals surface area contributed by atoms with Crippen LogP contribution in [-0.2, 0) is 6.42 Å². The Morgan fingerprint density at radius 2 is 1.70 bits per heavy atom. The number of nitrogens with zero attached hydrogens (tertiary/aromatic N) is 1. The molecule has 0 saturated carbocycles. The molecule has 0 amide bonds. The number of benzene rings is 3. The highest BCUT2D eigenvalue weighted by molar-refractivity contribution is 5.70. The number of ether oxygens (including phenoxy) is 1. The molecule has 2 nitrogen and oxygen atoms in total. The van der Waals surface area contributed by atoms with Crippen LogP contribution in [0.5, 0.6) is 5.75 Å². The zero-order valence-electron chi connectivity index (χ0n) is 16.2. The van der Waals surface area contributed by atoms with Crippen LogP contribution in [0.4, 0.5) is 0 Å². The minimum absolute atomic E-state index is 0.466. The first kappa shape index (κ1) is 18.7. The molecule has 0 aliphatic rings. The van der Waals surface area contributed by atoms with Gasteiger partial charge in [0.1, 0.15) is 5.75 Å². The number of nitriles is 1. The highest BCUT2D eigenvalue weighted by Gasteiger charge is 2.10. The van der Waals surface area contributed by atoms with Crippen molar-refractivity contribution in [2.75, 3.05) is 6.61 Å². The normalized spacial score (nSPS) is 10.6. The fraction of sp³-hybridized carbons (Fsp3) is 0.240. The Kier molecular flexibility index (Phi) is 5.94. The van der Waals surface area contributed by atoms with Gasteiger partial charge in [0.2, 0.25) is 0 Å². The lowest BCUT2D eigenvalue weighted by Gasteiger charge is -2.15. The van der Waals surface area contributed by atoms with E-state index in [1.54, 1.807) is 0 Å². The summed E-state index contributed by atoms with van der Waals surface area (Å²) >= 11 is 0. The fourth-order valence-corrected chi connectivity index (χ4v) is 3.38. The molecule has 27 heavy (non-hydrogen) atoms. The number of aryl methyl sites for hydroxylation is 1. The van der Waals surface area contributed by atoms with Gasteiger partial charge in [-0.2, -0.15) is 5.26 Å². The monoisotopic (exact) mass is 355 g/mol. The van der Waals surface area contributed by atoms with E-state index < -0.39 is 0 Å². The summed E-state index contributed by atoms with van der Waals surface area (Å²) in [6.45, 7) is 7.09. The molecule has 0 fully saturated rings. The van der Waals surface area contributed by atoms with E-state index in [0.717, 1.165) is 23.3 Å². The smallest absolute Gasteiger partial charge is 0.120 e. The summed E-state index contributed by atoms with van der Waals surface area (Å²) in [5.41, 5.74) is 6.72. The van der Waals surface area contributed by atoms with Crippen molar-refractivity contribution in [1.82, 2.24) is 0 Å². The molecule has 0 aliphatic carbocycles. The Morgan fingerprint density at radius 3 is 2.48 bits per heavy atom. The van der Waals surface area contributed by atoms with Crippen LogP contribution in [-0.4, -0.2) is 6.61 Å². The van der Waals surface area contributed by atoms with Gasteiger partial charge in [-0.25, -0.2) is 0 Å². The van der Waals surface area contributed by atoms with Crippen molar-refractivity contribution in [2.24, 2.45) is 0 Å². The van der Waals surface area contributed by atoms with Gasteiger partial charge in [0.15, 0.2) is 0 Å². The van der Waals surface area contributed by atoms with E-state index in [-0.39, 0.29) is 0 Å². The minimum Gasteiger partial charge on any atom is -0.493 e. The van der Waals surface area contributed by atoms with Crippen LogP contribution in [0, 0.1) is 18.3 Å². The van der Waals surface area contributed by atoms with Crippen LogP contribution in [0.15, 0.2) is 66.7 Å². The molecular formula is C25H25NO. The van der Waals surface area contributed by atoms with Gasteiger partial charge in [-0.3, -0.25) is 0 Å². The topological polar surface area (TPSA) is 33.0 Å². The van der Waals surface area contributed by atoms with Crippen molar-refractivity contribution in [3.8, 4) is 22.9 Å². The molecule has 0 N–H and O–H groups in total. The molecule has 0 bridgehead atoms. The maximum Gasteiger partial charge on any atom is 0.120 e. The third-order valence-electron chi connectivity index (χ3n) is 4.72. The van der Waals surface area contributed by atoms with Crippen molar-refractivity contribution in [2.45, 2.75) is 33.1 Å². The van der Waals surface area contributed by atoms with Gasteiger partial charge in [-0.15, -0.1) is 0 Å². The first-order chi connectivity index (χ1) is 13.1. The Hall–Kier alpha value is -3.05. The summed E-state index contributed by atoms with van der Waals surface area (Å²) in [4.78, 5) is 0. The van der Waals surface area contributed by atoms with E-state index in [2.05, 4.69) is 69.3 Å². The highest BCUT2D eigenvalue weighted by atomic mass is 16.5. The molecule has 0 saturated heterocycles. The molecule has 0 heterocycles. The third-order valence-corrected chi connectivity index (χ3v) is 4.72. The first-order valence-corrected chi connectivity index (χ1v) is 9.40. The van der Waals surface area contributed by atoms with Crippen LogP contribution in [0.1, 0.15) is 42.0 Å². The average Bonchev–Trinajstić information content (AvgIpc) is 2.68. The summed E-state index contributed by atoms with van der Waals surface area (Å²) in [6.07, 6.45) is 0.718. The minimum atomic E-state index is 0.466. The standard InChI is InChI=1S/C25H25NO/c1-18(2)24-10-6-7-11-25(24)22-14-19(3)15-23(16-22)27-13-12-20-8-4-5-9-21(20)17-26/h4-11,14-16,18H,12-13H2,1-3H3. The van der Waals surface area contributed by atoms with Crippen LogP contribution in [0.2, 0.25) is 0 Å². The Labute approximate surface area is 162 Å². The lowest BCUT2D eigenvalue weighted by molar-refractivity contribution is 0.322. The van der Waals surface area contributed by atoms with Crippen molar-refractivity contribution in [1.29, 1.82) is 5.26 Å². The summed E-state index contributed by atoms with van der Waals surface area (Å²) in [6, 6.07) is 24.9. The van der Waals surface area contributed by atoms with Gasteiger partial charge in [0, 0.05) is 6.42 Å². The van der Waals surface area contributed by atoms with Crippen LogP contribution in [0.3, 0.4) is 0 Å². The maximum absolute atomic E-state index is 9.21. The number of rotatable bonds is 6. The Balaban J connectivity index is 1.80. The van der Waals surface area contributed by atoms with E-state index in [1.165, 1.54) is 22.3 Å². The van der Waals surface area contributed by atoms with Crippen molar-refractivity contribution < 1.29 is 4.74 Å². The third kappa shape index (κ3) is 4.57. The summed E-state index contributed by atoms with van der Waals surface area (Å²) < 4.78 is 6.04. The van der Waals surface area contributed by atoms with Crippen molar-refractivity contribution >= 4 is 0 Å². The molecule has 0 radical (unpaired) electrons. The van der Waals surface area contributed by atoms with Crippen molar-refractivity contribution in [3.63, 3.8) is 0 Å². The predicted molar refractivity (Wildman–Crippen MR) is 111 cm³/mol. The summed E-state index contributed by atoms with van der Waals surface area (Å²) in [7, 11) is 0. The molecule has 3 aromatic carbocycles. The van der Waals surface area contributed by atoms with E-state index in [0.29, 0.717) is 12.5 Å². The van der Waals surface area contributed by atoms with Gasteiger partial charge < -0.3 is 4.74 Å². The lowest BCUT2D eigenvalue weighted by Crippen LogP contribution is -2.03. The molecule has 136 valence electrons. The van der Waals surface area contributed by atoms with Gasteiger partial charge in [-0.05, 0) is 58.9 Å². The Morgan fingerprint density at radius 1 is 0.963 bits per heavy atom. The van der Waals surface area contributed by atoms with Gasteiger partial charge >= 0.3 is 0 Å². The van der Waals surface area contributed by atoms with E-state index >= 15 is 0 Å². The summed E-state index contributed by atoms with van der Waals surface area (Å²) in [5, 5.41) is 9.21. The molecule has 0 spiro atoms. The van der Waals surface area contributed by atoms with Crippen LogP contribution in [0.25, 0.3) is 11.1 Å². The van der Waals surface area contributed by atoms with Crippen LogP contribution < -0.4 is 4.74 Å². The lowest BCUT2D eigenvalue weighted by atomic mass is 9.92. The van der Waals surface area contributed by atoms with E-state index in [9.17, 15) is 5.26 Å². The average molecular weight is 355 g/mol. The van der Waals surface area contributed by atoms with E-state index in [1.807, 2.05) is 24.3 Å². The molecule has 0 aromatic heterocycles. The highest BCUT2D eigenvalue weighted by Crippen LogP contribution is 2.32. The molecule has 2 heteroatoms. The fourth-order valence-electron chi connectivity index (χ4n) is 3.38. The quantitative estimate of drug-likeness (QED) is 0.521. The molecule has 3 rings (SSSR count). The van der Waals surface area contributed by atoms with E-state index in [4.69, 9.17) is 4.74 Å². The van der Waals surface area contributed by atoms with Crippen molar-refractivity contribution in [3.05, 3.63) is 89.0 Å². The second-order valence-corrected chi connectivity index (χ2v) is 7.14. The molecule has 3 aromatic rings.